The van der Waals surface area contributed by atoms with Crippen LogP contribution in [-0.2, 0) is 124 Å². The summed E-state index contributed by atoms with van der Waals surface area (Å²) >= 11 is 0. The number of esters is 6. The minimum absolute atomic E-state index is 0.0555. The predicted octanol–water partition coefficient (Wildman–Crippen LogP) is 9.35. The highest BCUT2D eigenvalue weighted by Crippen LogP contribution is 2.68. The van der Waals surface area contributed by atoms with E-state index in [2.05, 4.69) is 77.5 Å². The second-order valence-corrected chi connectivity index (χ2v) is 36.8. The summed E-state index contributed by atoms with van der Waals surface area (Å²) in [6.45, 7) is 25.2. The number of rotatable bonds is 58. The molecular formula is C93H155N7O26. The van der Waals surface area contributed by atoms with Crippen LogP contribution in [0.15, 0.2) is 11.6 Å². The molecule has 3 saturated carbocycles. The summed E-state index contributed by atoms with van der Waals surface area (Å²) in [5.74, 6) is -0.892. The van der Waals surface area contributed by atoms with Crippen molar-refractivity contribution in [1.29, 1.82) is 0 Å². The normalized spacial score (nSPS) is 28.8. The third kappa shape index (κ3) is 35.0. The van der Waals surface area contributed by atoms with Gasteiger partial charge in [0, 0.05) is 134 Å². The molecule has 718 valence electrons. The van der Waals surface area contributed by atoms with Gasteiger partial charge in [-0.05, 0) is 156 Å². The molecule has 3 heterocycles. The van der Waals surface area contributed by atoms with Gasteiger partial charge in [0.25, 0.3) is 0 Å². The summed E-state index contributed by atoms with van der Waals surface area (Å²) in [6, 6.07) is -2.49. The second kappa shape index (κ2) is 55.3. The van der Waals surface area contributed by atoms with Gasteiger partial charge in [0.2, 0.25) is 35.4 Å². The van der Waals surface area contributed by atoms with Crippen LogP contribution >= 0.6 is 0 Å². The predicted molar refractivity (Wildman–Crippen MR) is 465 cm³/mol. The molecule has 0 spiro atoms. The fourth-order valence-corrected chi connectivity index (χ4v) is 20.3. The van der Waals surface area contributed by atoms with Crippen molar-refractivity contribution in [1.82, 2.24) is 36.8 Å². The molecule has 3 saturated heterocycles. The minimum atomic E-state index is -1.26. The van der Waals surface area contributed by atoms with E-state index in [9.17, 15) is 57.5 Å². The topological polar surface area (TPSA) is 409 Å². The SMILES string of the molecule is CC(=O)NC1C(OCCCCC(=O)NCCCNC(=O)CCOCC2C(OCCC(=O)NCCCNC(=O)CCCCOC3OC(COC(C)=O)C(OC(C)=O)C(OC(C)=O)C3NC(C)=O)C(COCCCCCCCCCCO[C@@H]3C=C4CC[C@H]5[C@@H]6CC[C@H]([C@H](C)CCCC(C)C)[C@@]6(C)CC[C@@H]5[C@@]4(C)CC3)N2C)OC(COC(C)=O)C(OC(C)=O)C1OC(C)=O. The zero-order chi connectivity index (χ0) is 91.9. The Kier molecular flexibility index (Phi) is 46.5. The third-order valence-corrected chi connectivity index (χ3v) is 26.6. The number of hydrogen-bond acceptors (Lipinski definition) is 27. The van der Waals surface area contributed by atoms with Gasteiger partial charge in [0.05, 0.1) is 50.7 Å². The lowest BCUT2D eigenvalue weighted by Gasteiger charge is -2.59. The first-order valence-corrected chi connectivity index (χ1v) is 47.1. The zero-order valence-corrected chi connectivity index (χ0v) is 78.1. The molecule has 4 aliphatic carbocycles. The number of carbonyl (C=O) groups excluding carboxylic acids is 12. The molecule has 126 heavy (non-hydrogen) atoms. The average Bonchev–Trinajstić information content (AvgIpc) is 1.47. The number of nitrogens with one attached hydrogen (secondary N) is 6. The molecule has 21 atom stereocenters. The Hall–Kier alpha value is -6.98. The van der Waals surface area contributed by atoms with Gasteiger partial charge in [-0.25, -0.2) is 0 Å². The maximum absolute atomic E-state index is 13.1. The molecule has 0 aromatic rings. The maximum Gasteiger partial charge on any atom is 0.303 e. The Morgan fingerprint density at radius 2 is 0.873 bits per heavy atom. The number of carbonyl (C=O) groups is 12. The summed E-state index contributed by atoms with van der Waals surface area (Å²) in [7, 11) is 1.99. The van der Waals surface area contributed by atoms with Gasteiger partial charge in [-0.1, -0.05) is 104 Å². The number of unbranched alkanes of at least 4 members (excludes halogenated alkanes) is 9. The molecule has 0 radical (unpaired) electrons. The standard InChI is InChI=1S/C93H155N7O26/c1-59(2)30-27-31-60(3)72-36-37-73-71-35-34-69-54-70(38-42-92(69,12)74(71)39-43-93(72,73)13)115-49-24-20-18-16-15-17-19-23-48-113-55-75-85(116-53-41-82(112)97-47-29-45-95-80(110)33-22-26-51-118-91-84(99-62(5)102)89(124-68(11)108)87(122-66(9)106)78(126-91)58-120-64(7)104)76(100(75)14)56-114-52-40-81(111)96-46-28-44-94-79(109)32-21-25-50-117-90-83(98-61(4)101)88(123-67(10)107)86(121-65(8)105)77(125-90)57-119-63(6)103/h54,59-60,70-78,83-91H,15-53,55-58H2,1-14H3,(H,94,109)(H,95,110)(H,96,111)(H,97,112)(H,98,101)(H,99,102)/t60-,70+,71+,72-,73+,74+,75?,76?,77?,78?,83?,84?,85?,86?,87?,88?,89?,90?,91?,92+,93-/m1/s1. The van der Waals surface area contributed by atoms with Crippen LogP contribution in [0, 0.1) is 46.3 Å². The summed E-state index contributed by atoms with van der Waals surface area (Å²) in [4.78, 5) is 151. The molecular weight excluding hydrogens is 1630 g/mol. The Bertz CT molecular complexity index is 3460. The van der Waals surface area contributed by atoms with E-state index in [1.165, 1.54) is 118 Å². The number of hydrogen-bond donors (Lipinski definition) is 6. The van der Waals surface area contributed by atoms with Crippen LogP contribution in [0.4, 0.5) is 0 Å². The Balaban J connectivity index is 0.776. The lowest BCUT2D eigenvalue weighted by molar-refractivity contribution is -0.277. The van der Waals surface area contributed by atoms with E-state index >= 15 is 0 Å². The van der Waals surface area contributed by atoms with Crippen LogP contribution < -0.4 is 31.9 Å². The van der Waals surface area contributed by atoms with Crippen LogP contribution in [0.3, 0.4) is 0 Å². The number of nitrogens with zero attached hydrogens (tertiary/aromatic N) is 1. The molecule has 13 unspecified atom stereocenters. The van der Waals surface area contributed by atoms with Crippen molar-refractivity contribution in [3.63, 3.8) is 0 Å². The summed E-state index contributed by atoms with van der Waals surface area (Å²) in [5, 5.41) is 16.8. The molecule has 6 amide bonds. The zero-order valence-electron chi connectivity index (χ0n) is 78.1. The molecule has 0 aromatic heterocycles. The number of ether oxygens (including phenoxy) is 14. The maximum atomic E-state index is 13.1. The van der Waals surface area contributed by atoms with E-state index in [0.717, 1.165) is 102 Å². The van der Waals surface area contributed by atoms with Crippen molar-refractivity contribution in [3.8, 4) is 0 Å². The first-order valence-electron chi connectivity index (χ1n) is 47.1. The average molecular weight is 1790 g/mol. The number of amides is 6. The first-order chi connectivity index (χ1) is 60.2. The minimum Gasteiger partial charge on any atom is -0.463 e. The molecule has 7 aliphatic rings. The smallest absolute Gasteiger partial charge is 0.303 e. The van der Waals surface area contributed by atoms with E-state index in [4.69, 9.17) is 66.3 Å². The third-order valence-electron chi connectivity index (χ3n) is 26.6. The Morgan fingerprint density at radius 1 is 0.429 bits per heavy atom. The largest absolute Gasteiger partial charge is 0.463 e. The van der Waals surface area contributed by atoms with Crippen LogP contribution in [-0.4, -0.2) is 261 Å². The quantitative estimate of drug-likeness (QED) is 0.0143. The van der Waals surface area contributed by atoms with Crippen molar-refractivity contribution in [3.05, 3.63) is 11.6 Å². The Morgan fingerprint density at radius 3 is 1.35 bits per heavy atom. The van der Waals surface area contributed by atoms with Gasteiger partial charge >= 0.3 is 35.8 Å². The summed E-state index contributed by atoms with van der Waals surface area (Å²) in [5.41, 5.74) is 2.58. The molecule has 0 bridgehead atoms. The first kappa shape index (κ1) is 106. The van der Waals surface area contributed by atoms with Crippen molar-refractivity contribution in [2.45, 2.75) is 362 Å². The van der Waals surface area contributed by atoms with Gasteiger partial charge < -0.3 is 98.2 Å². The summed E-state index contributed by atoms with van der Waals surface area (Å²) < 4.78 is 81.7. The Labute approximate surface area is 747 Å². The second-order valence-electron chi connectivity index (χ2n) is 36.8. The molecule has 6 fully saturated rings. The lowest BCUT2D eigenvalue weighted by Crippen LogP contribution is -2.70. The van der Waals surface area contributed by atoms with E-state index in [1.54, 1.807) is 5.57 Å². The van der Waals surface area contributed by atoms with Crippen molar-refractivity contribution in [2.75, 3.05) is 99.3 Å². The number of fused-ring (bicyclic) bond motifs is 5. The van der Waals surface area contributed by atoms with Gasteiger partial charge in [-0.15, -0.1) is 0 Å². The van der Waals surface area contributed by atoms with Crippen LogP contribution in [0.1, 0.15) is 276 Å². The van der Waals surface area contributed by atoms with E-state index in [1.807, 2.05) is 7.05 Å². The van der Waals surface area contributed by atoms with E-state index in [-0.39, 0.29) is 120 Å². The monoisotopic (exact) mass is 1790 g/mol. The molecule has 6 N–H and O–H groups in total. The number of allylic oxidation sites excluding steroid dienone is 1. The summed E-state index contributed by atoms with van der Waals surface area (Å²) in [6.07, 6.45) is 19.9. The highest BCUT2D eigenvalue weighted by atomic mass is 16.7. The van der Waals surface area contributed by atoms with Gasteiger partial charge in [0.1, 0.15) is 37.5 Å². The lowest BCUT2D eigenvalue weighted by atomic mass is 9.46. The number of likely N-dealkylation sites (tertiary alicyclic amines) is 1. The highest BCUT2D eigenvalue weighted by molar-refractivity contribution is 5.78. The van der Waals surface area contributed by atoms with Crippen LogP contribution in [0.5, 0.6) is 0 Å². The van der Waals surface area contributed by atoms with Crippen molar-refractivity contribution >= 4 is 71.3 Å². The van der Waals surface area contributed by atoms with Gasteiger partial charge in [-0.2, -0.15) is 0 Å². The molecule has 7 rings (SSSR count). The molecule has 3 aliphatic heterocycles. The van der Waals surface area contributed by atoms with Crippen molar-refractivity contribution < 1.29 is 124 Å². The van der Waals surface area contributed by atoms with E-state index < -0.39 is 109 Å². The van der Waals surface area contributed by atoms with Crippen molar-refractivity contribution in [2.24, 2.45) is 46.3 Å². The van der Waals surface area contributed by atoms with E-state index in [0.29, 0.717) is 88.7 Å². The van der Waals surface area contributed by atoms with Gasteiger partial charge in [0.15, 0.2) is 37.0 Å². The van der Waals surface area contributed by atoms with Gasteiger partial charge in [-0.3, -0.25) is 62.4 Å². The highest BCUT2D eigenvalue weighted by Gasteiger charge is 2.60. The van der Waals surface area contributed by atoms with Crippen LogP contribution in [0.25, 0.3) is 0 Å². The fourth-order valence-electron chi connectivity index (χ4n) is 20.3. The fraction of sp³-hybridized carbons (Fsp3) is 0.849. The molecule has 0 aromatic carbocycles. The number of likely N-dealkylation sites (N-methyl/N-ethyl adjacent to an activating group) is 1. The molecule has 33 heteroatoms. The molecule has 33 nitrogen and oxygen atoms in total. The van der Waals surface area contributed by atoms with Crippen LogP contribution in [0.2, 0.25) is 0 Å².